The minimum absolute atomic E-state index is 0.0414. The number of fused-ring (bicyclic) bond motifs is 1. The third kappa shape index (κ3) is 4.46. The number of ether oxygens (including phenoxy) is 1. The molecule has 1 aliphatic heterocycles. The van der Waals surface area contributed by atoms with Crippen molar-refractivity contribution in [3.63, 3.8) is 0 Å². The topological polar surface area (TPSA) is 133 Å². The fraction of sp³-hybridized carbons (Fsp3) is 0.357. The molecule has 0 aromatic carbocycles. The van der Waals surface area contributed by atoms with Crippen LogP contribution in [0, 0.1) is 18.8 Å². The first kappa shape index (κ1) is 24.0. The minimum Gasteiger partial charge on any atom is -0.474 e. The van der Waals surface area contributed by atoms with Crippen LogP contribution in [0.25, 0.3) is 22.0 Å². The number of amides is 1. The summed E-state index contributed by atoms with van der Waals surface area (Å²) < 4.78 is 7.55. The van der Waals surface area contributed by atoms with E-state index in [1.54, 1.807) is 17.1 Å². The van der Waals surface area contributed by atoms with E-state index >= 15 is 0 Å². The van der Waals surface area contributed by atoms with E-state index in [0.29, 0.717) is 41.4 Å². The van der Waals surface area contributed by atoms with Gasteiger partial charge < -0.3 is 15.8 Å². The third-order valence-electron chi connectivity index (χ3n) is 7.33. The number of nitrogen functional groups attached to an aromatic ring is 1. The molecule has 4 aromatic heterocycles. The van der Waals surface area contributed by atoms with Crippen LogP contribution in [0.15, 0.2) is 48.0 Å². The van der Waals surface area contributed by atoms with Crippen LogP contribution in [0.2, 0.25) is 0 Å². The van der Waals surface area contributed by atoms with Crippen LogP contribution < -0.4 is 11.1 Å². The van der Waals surface area contributed by atoms with Crippen molar-refractivity contribution in [3.8, 4) is 11.3 Å². The lowest BCUT2D eigenvalue weighted by Gasteiger charge is -2.11. The fourth-order valence-corrected chi connectivity index (χ4v) is 4.90. The summed E-state index contributed by atoms with van der Waals surface area (Å²) in [6.45, 7) is 6.85. The van der Waals surface area contributed by atoms with Crippen LogP contribution in [0.5, 0.6) is 0 Å². The van der Waals surface area contributed by atoms with Gasteiger partial charge in [0.2, 0.25) is 11.8 Å². The molecule has 1 aliphatic carbocycles. The quantitative estimate of drug-likeness (QED) is 0.402. The monoisotopic (exact) mass is 510 g/mol. The highest BCUT2D eigenvalue weighted by atomic mass is 16.5. The molecule has 10 nitrogen and oxygen atoms in total. The maximum Gasteiger partial charge on any atom is 0.235 e. The van der Waals surface area contributed by atoms with Crippen LogP contribution in [-0.4, -0.2) is 49.2 Å². The Kier molecular flexibility index (Phi) is 5.81. The van der Waals surface area contributed by atoms with Crippen molar-refractivity contribution < 1.29 is 9.53 Å². The maximum atomic E-state index is 12.9. The van der Waals surface area contributed by atoms with Gasteiger partial charge in [-0.3, -0.25) is 14.5 Å². The smallest absolute Gasteiger partial charge is 0.235 e. The van der Waals surface area contributed by atoms with E-state index in [2.05, 4.69) is 44.2 Å². The summed E-state index contributed by atoms with van der Waals surface area (Å²) in [5, 5.41) is 8.74. The Hall–Kier alpha value is -4.34. The molecule has 38 heavy (non-hydrogen) atoms. The molecule has 1 fully saturated rings. The molecule has 0 saturated heterocycles. The molecular formula is C28H30N8O2. The number of pyridine rings is 3. The highest BCUT2D eigenvalue weighted by Crippen LogP contribution is 2.47. The molecule has 0 bridgehead atoms. The van der Waals surface area contributed by atoms with E-state index in [-0.39, 0.29) is 23.8 Å². The van der Waals surface area contributed by atoms with Gasteiger partial charge >= 0.3 is 0 Å². The lowest BCUT2D eigenvalue weighted by Crippen LogP contribution is -2.15. The Morgan fingerprint density at radius 3 is 2.71 bits per heavy atom. The number of carbonyl (C=O) groups excluding carboxylic acids is 1. The molecule has 3 atom stereocenters. The summed E-state index contributed by atoms with van der Waals surface area (Å²) in [5.74, 6) is 1.93. The number of hydrogen-bond acceptors (Lipinski definition) is 8. The summed E-state index contributed by atoms with van der Waals surface area (Å²) >= 11 is 0. The van der Waals surface area contributed by atoms with Gasteiger partial charge in [0, 0.05) is 42.5 Å². The third-order valence-corrected chi connectivity index (χ3v) is 7.33. The van der Waals surface area contributed by atoms with Crippen molar-refractivity contribution in [2.24, 2.45) is 23.9 Å². The van der Waals surface area contributed by atoms with Crippen molar-refractivity contribution in [1.29, 1.82) is 0 Å². The Morgan fingerprint density at radius 1 is 1.16 bits per heavy atom. The molecule has 0 radical (unpaired) electrons. The normalized spacial score (nSPS) is 20.4. The Morgan fingerprint density at radius 2 is 2.00 bits per heavy atom. The molecule has 4 aromatic rings. The molecule has 6 rings (SSSR count). The molecule has 0 spiro atoms. The van der Waals surface area contributed by atoms with Gasteiger partial charge in [-0.1, -0.05) is 13.8 Å². The van der Waals surface area contributed by atoms with Crippen LogP contribution in [0.1, 0.15) is 43.0 Å². The number of rotatable bonds is 6. The predicted molar refractivity (Wildman–Crippen MR) is 146 cm³/mol. The number of aryl methyl sites for hydroxylation is 2. The number of aliphatic imine (C=N–C) groups is 1. The Bertz CT molecular complexity index is 1590. The maximum absolute atomic E-state index is 12.9. The van der Waals surface area contributed by atoms with Crippen molar-refractivity contribution in [1.82, 2.24) is 24.7 Å². The van der Waals surface area contributed by atoms with Gasteiger partial charge in [0.15, 0.2) is 0 Å². The number of hydrogen-bond donors (Lipinski definition) is 2. The molecular weight excluding hydrogens is 480 g/mol. The zero-order valence-corrected chi connectivity index (χ0v) is 21.8. The van der Waals surface area contributed by atoms with Gasteiger partial charge in [0.1, 0.15) is 23.9 Å². The van der Waals surface area contributed by atoms with Crippen molar-refractivity contribution >= 4 is 34.2 Å². The fourth-order valence-electron chi connectivity index (χ4n) is 4.90. The lowest BCUT2D eigenvalue weighted by molar-refractivity contribution is -0.117. The average Bonchev–Trinajstić information content (AvgIpc) is 3.30. The molecule has 2 aliphatic rings. The van der Waals surface area contributed by atoms with Crippen LogP contribution in [-0.2, 0) is 16.6 Å². The number of nitrogens with one attached hydrogen (secondary N) is 1. The highest BCUT2D eigenvalue weighted by Gasteiger charge is 2.44. The standard InChI is InChI=1S/C28H30N8O2/c1-14(2)24-13-38-28(34-24)23-5-15(3)20(10-30-23)22-6-16-7-25(31-11-21(16)26(29)33-22)35-27(37)19-8-18(19)17-9-32-36(4)12-17/h5-7,9-12,14,18-19,24H,8,13H2,1-4H3,(H2,29,33)(H,31,35,37)/t18-,19+,24?/m0/s1. The molecule has 1 saturated carbocycles. The summed E-state index contributed by atoms with van der Waals surface area (Å²) in [7, 11) is 1.88. The van der Waals surface area contributed by atoms with E-state index in [0.717, 1.165) is 33.9 Å². The van der Waals surface area contributed by atoms with Crippen LogP contribution >= 0.6 is 0 Å². The lowest BCUT2D eigenvalue weighted by atomic mass is 10.0. The number of anilines is 2. The predicted octanol–water partition coefficient (Wildman–Crippen LogP) is 3.86. The largest absolute Gasteiger partial charge is 0.474 e. The van der Waals surface area contributed by atoms with Crippen molar-refractivity contribution in [2.75, 3.05) is 17.7 Å². The zero-order valence-electron chi connectivity index (χ0n) is 21.8. The average molecular weight is 511 g/mol. The van der Waals surface area contributed by atoms with Crippen LogP contribution in [0.4, 0.5) is 11.6 Å². The first-order valence-corrected chi connectivity index (χ1v) is 12.8. The van der Waals surface area contributed by atoms with Crippen LogP contribution in [0.3, 0.4) is 0 Å². The number of nitrogens with zero attached hydrogens (tertiary/aromatic N) is 6. The van der Waals surface area contributed by atoms with Gasteiger partial charge in [0.25, 0.3) is 0 Å². The number of aromatic nitrogens is 5. The van der Waals surface area contributed by atoms with E-state index < -0.39 is 0 Å². The number of carbonyl (C=O) groups is 1. The number of nitrogens with two attached hydrogens (primary N) is 1. The van der Waals surface area contributed by atoms with E-state index in [1.807, 2.05) is 44.6 Å². The summed E-state index contributed by atoms with van der Waals surface area (Å²) in [6.07, 6.45) is 8.02. The molecule has 1 unspecified atom stereocenters. The Balaban J connectivity index is 1.23. The highest BCUT2D eigenvalue weighted by molar-refractivity contribution is 5.99. The molecule has 5 heterocycles. The van der Waals surface area contributed by atoms with Gasteiger partial charge in [0.05, 0.1) is 17.9 Å². The van der Waals surface area contributed by atoms with Gasteiger partial charge in [-0.25, -0.2) is 15.0 Å². The SMILES string of the molecule is Cc1cc(C2=NC(C(C)C)CO2)ncc1-c1cc2cc(NC(=O)[C@@H]3C[C@H]3c3cnn(C)c3)ncc2c(N)n1. The van der Waals surface area contributed by atoms with E-state index in [1.165, 1.54) is 0 Å². The first-order valence-electron chi connectivity index (χ1n) is 12.8. The second kappa shape index (κ2) is 9.20. The van der Waals surface area contributed by atoms with Crippen molar-refractivity contribution in [3.05, 3.63) is 59.8 Å². The molecule has 194 valence electrons. The van der Waals surface area contributed by atoms with Gasteiger partial charge in [-0.15, -0.1) is 0 Å². The Labute approximate surface area is 220 Å². The van der Waals surface area contributed by atoms with E-state index in [9.17, 15) is 4.79 Å². The van der Waals surface area contributed by atoms with Gasteiger partial charge in [-0.2, -0.15) is 5.10 Å². The second-order valence-corrected chi connectivity index (χ2v) is 10.5. The van der Waals surface area contributed by atoms with Gasteiger partial charge in [-0.05, 0) is 59.9 Å². The molecule has 3 N–H and O–H groups in total. The molecule has 1 amide bonds. The minimum atomic E-state index is -0.0775. The van der Waals surface area contributed by atoms with E-state index in [4.69, 9.17) is 10.5 Å². The second-order valence-electron chi connectivity index (χ2n) is 10.5. The first-order chi connectivity index (χ1) is 18.3. The summed E-state index contributed by atoms with van der Waals surface area (Å²) in [5.41, 5.74) is 10.6. The van der Waals surface area contributed by atoms with Crippen molar-refractivity contribution in [2.45, 2.75) is 39.2 Å². The summed E-state index contributed by atoms with van der Waals surface area (Å²) in [4.78, 5) is 31.2. The summed E-state index contributed by atoms with van der Waals surface area (Å²) in [6, 6.07) is 5.89. The zero-order chi connectivity index (χ0) is 26.6. The molecule has 10 heteroatoms.